The first-order valence-electron chi connectivity index (χ1n) is 13.7. The maximum absolute atomic E-state index is 14.1. The number of aromatic nitrogens is 2. The van der Waals surface area contributed by atoms with Crippen molar-refractivity contribution in [2.45, 2.75) is 78.3 Å². The lowest BCUT2D eigenvalue weighted by atomic mass is 9.92. The summed E-state index contributed by atoms with van der Waals surface area (Å²) in [5.74, 6) is -0.106. The van der Waals surface area contributed by atoms with Crippen LogP contribution in [0.4, 0.5) is 11.6 Å². The van der Waals surface area contributed by atoms with Gasteiger partial charge in [-0.2, -0.15) is 4.31 Å². The fourth-order valence-corrected chi connectivity index (χ4v) is 7.19. The molecule has 1 atom stereocenters. The zero-order chi connectivity index (χ0) is 30.3. The van der Waals surface area contributed by atoms with Gasteiger partial charge in [-0.3, -0.25) is 9.36 Å². The number of hydrogen-bond donors (Lipinski definition) is 0. The Bertz CT molecular complexity index is 1370. The number of anilines is 2. The quantitative estimate of drug-likeness (QED) is 0.228. The Morgan fingerprint density at radius 2 is 1.48 bits per heavy atom. The van der Waals surface area contributed by atoms with Gasteiger partial charge in [0.15, 0.2) is 5.03 Å². The van der Waals surface area contributed by atoms with E-state index in [1.54, 1.807) is 29.7 Å². The number of imidazole rings is 1. The van der Waals surface area contributed by atoms with Gasteiger partial charge in [0.05, 0.1) is 11.9 Å². The molecule has 0 fully saturated rings. The zero-order valence-electron chi connectivity index (χ0n) is 24.2. The Labute approximate surface area is 257 Å². The molecule has 1 aromatic heterocycles. The van der Waals surface area contributed by atoms with Gasteiger partial charge >= 0.3 is 0 Å². The van der Waals surface area contributed by atoms with Crippen LogP contribution in [-0.4, -0.2) is 41.3 Å². The van der Waals surface area contributed by atoms with E-state index in [1.165, 1.54) is 15.4 Å². The molecule has 7 nitrogen and oxygen atoms in total. The first kappa shape index (κ1) is 34.3. The average molecular weight is 675 g/mol. The first-order chi connectivity index (χ1) is 19.0. The van der Waals surface area contributed by atoms with Gasteiger partial charge in [0.2, 0.25) is 5.95 Å². The highest BCUT2D eigenvalue weighted by Gasteiger charge is 2.52. The lowest BCUT2D eigenvalue weighted by molar-refractivity contribution is -0.124. The molecular formula is C29H39BrCl2N4O3S. The van der Waals surface area contributed by atoms with Crippen molar-refractivity contribution in [3.05, 3.63) is 68.7 Å². The third-order valence-electron chi connectivity index (χ3n) is 6.19. The third-order valence-corrected chi connectivity index (χ3v) is 9.01. The van der Waals surface area contributed by atoms with Crippen LogP contribution in [0.1, 0.15) is 66.9 Å². The first-order valence-corrected chi connectivity index (χ1v) is 16.6. The SMILES string of the molecule is CC.CC.CCCN(CCC)S(=O)(=O)c1cnc2n1[C@](C)(Cc1ccc(Br)cc1)C(=O)N2c1cc(Cl)cc(Cl)c1. The number of carbonyl (C=O) groups excluding carboxylic acids is 1. The molecule has 0 spiro atoms. The molecule has 3 aromatic rings. The van der Waals surface area contributed by atoms with Gasteiger partial charge in [-0.1, -0.05) is 92.8 Å². The number of fused-ring (bicyclic) bond motifs is 1. The Morgan fingerprint density at radius 3 is 1.98 bits per heavy atom. The lowest BCUT2D eigenvalue weighted by Gasteiger charge is -2.28. The molecule has 2 heterocycles. The number of hydrogen-bond acceptors (Lipinski definition) is 4. The normalized spacial score (nSPS) is 16.3. The molecule has 0 N–H and O–H groups in total. The van der Waals surface area contributed by atoms with Crippen molar-refractivity contribution in [1.82, 2.24) is 13.9 Å². The maximum atomic E-state index is 14.1. The maximum Gasteiger partial charge on any atom is 0.260 e. The van der Waals surface area contributed by atoms with Crippen molar-refractivity contribution in [1.29, 1.82) is 0 Å². The van der Waals surface area contributed by atoms with E-state index in [4.69, 9.17) is 23.2 Å². The molecule has 1 aliphatic rings. The van der Waals surface area contributed by atoms with E-state index < -0.39 is 15.6 Å². The van der Waals surface area contributed by atoms with E-state index in [0.29, 0.717) is 41.7 Å². The highest BCUT2D eigenvalue weighted by molar-refractivity contribution is 9.10. The van der Waals surface area contributed by atoms with Gasteiger partial charge in [-0.15, -0.1) is 0 Å². The van der Waals surface area contributed by atoms with E-state index in [-0.39, 0.29) is 23.3 Å². The summed E-state index contributed by atoms with van der Waals surface area (Å²) < 4.78 is 31.6. The number of halogens is 3. The fourth-order valence-electron chi connectivity index (χ4n) is 4.60. The monoisotopic (exact) mass is 672 g/mol. The highest BCUT2D eigenvalue weighted by atomic mass is 79.9. The van der Waals surface area contributed by atoms with Crippen LogP contribution in [0.5, 0.6) is 0 Å². The van der Waals surface area contributed by atoms with Gasteiger partial charge in [0, 0.05) is 34.0 Å². The van der Waals surface area contributed by atoms with Gasteiger partial charge < -0.3 is 0 Å². The molecule has 220 valence electrons. The molecule has 0 aliphatic carbocycles. The lowest BCUT2D eigenvalue weighted by Crippen LogP contribution is -2.43. The van der Waals surface area contributed by atoms with Crippen LogP contribution in [0.2, 0.25) is 10.0 Å². The van der Waals surface area contributed by atoms with Crippen molar-refractivity contribution in [3.63, 3.8) is 0 Å². The van der Waals surface area contributed by atoms with E-state index in [1.807, 2.05) is 65.8 Å². The number of carbonyl (C=O) groups is 1. The van der Waals surface area contributed by atoms with E-state index >= 15 is 0 Å². The standard InChI is InChI=1S/C25H27BrCl2N4O3S.2C2H6/c1-4-10-30(11-5-2)36(34,35)22-16-29-24-31(21-13-19(27)12-20(28)14-21)23(33)25(3,32(22)24)15-17-6-8-18(26)9-7-17;2*1-2/h6-9,12-14,16H,4-5,10-11,15H2,1-3H3;2*1-2H3/t25-;;/m1../s1. The van der Waals surface area contributed by atoms with E-state index in [0.717, 1.165) is 10.0 Å². The Balaban J connectivity index is 0.00000134. The minimum absolute atomic E-state index is 0.0111. The average Bonchev–Trinajstić information content (AvgIpc) is 3.45. The highest BCUT2D eigenvalue weighted by Crippen LogP contribution is 2.44. The molecular weight excluding hydrogens is 635 g/mol. The van der Waals surface area contributed by atoms with Crippen LogP contribution in [-0.2, 0) is 26.8 Å². The minimum atomic E-state index is -3.93. The number of nitrogens with zero attached hydrogens (tertiary/aromatic N) is 4. The summed E-state index contributed by atoms with van der Waals surface area (Å²) in [7, 11) is -3.93. The summed E-state index contributed by atoms with van der Waals surface area (Å²) in [6.45, 7) is 14.4. The number of benzene rings is 2. The van der Waals surface area contributed by atoms with E-state index in [2.05, 4.69) is 20.9 Å². The van der Waals surface area contributed by atoms with Crippen molar-refractivity contribution < 1.29 is 13.2 Å². The summed E-state index contributed by atoms with van der Waals surface area (Å²) in [5, 5.41) is 0.702. The van der Waals surface area contributed by atoms with Crippen molar-refractivity contribution in [2.24, 2.45) is 0 Å². The molecule has 1 amide bonds. The summed E-state index contributed by atoms with van der Waals surface area (Å²) >= 11 is 15.9. The van der Waals surface area contributed by atoms with Crippen LogP contribution in [0.25, 0.3) is 0 Å². The number of amides is 1. The number of sulfonamides is 1. The molecule has 40 heavy (non-hydrogen) atoms. The molecule has 4 rings (SSSR count). The molecule has 11 heteroatoms. The van der Waals surface area contributed by atoms with Gasteiger partial charge in [-0.25, -0.2) is 18.3 Å². The summed E-state index contributed by atoms with van der Waals surface area (Å²) in [5.41, 5.74) is 0.0369. The van der Waals surface area contributed by atoms with Crippen molar-refractivity contribution in [3.8, 4) is 0 Å². The van der Waals surface area contributed by atoms with Crippen LogP contribution in [0.3, 0.4) is 0 Å². The van der Waals surface area contributed by atoms with Crippen molar-refractivity contribution in [2.75, 3.05) is 18.0 Å². The molecule has 0 radical (unpaired) electrons. The molecule has 2 aromatic carbocycles. The summed E-state index contributed by atoms with van der Waals surface area (Å²) in [4.78, 5) is 20.0. The second-order valence-corrected chi connectivity index (χ2v) is 12.7. The van der Waals surface area contributed by atoms with Gasteiger partial charge in [0.25, 0.3) is 15.9 Å². The molecule has 0 saturated heterocycles. The van der Waals surface area contributed by atoms with Crippen LogP contribution < -0.4 is 4.90 Å². The smallest absolute Gasteiger partial charge is 0.260 e. The van der Waals surface area contributed by atoms with Crippen LogP contribution >= 0.6 is 39.1 Å². The van der Waals surface area contributed by atoms with E-state index in [9.17, 15) is 13.2 Å². The number of rotatable bonds is 9. The molecule has 0 bridgehead atoms. The second kappa shape index (κ2) is 14.8. The predicted molar refractivity (Wildman–Crippen MR) is 169 cm³/mol. The molecule has 1 aliphatic heterocycles. The van der Waals surface area contributed by atoms with Gasteiger partial charge in [-0.05, 0) is 55.7 Å². The predicted octanol–water partition coefficient (Wildman–Crippen LogP) is 8.45. The molecule has 0 unspecified atom stereocenters. The minimum Gasteiger partial charge on any atom is -0.284 e. The second-order valence-electron chi connectivity index (χ2n) is 8.98. The Hall–Kier alpha value is -1.91. The Morgan fingerprint density at radius 1 is 0.950 bits per heavy atom. The Kier molecular flexibility index (Phi) is 12.7. The fraction of sp³-hybridized carbons (Fsp3) is 0.448. The van der Waals surface area contributed by atoms with Crippen LogP contribution in [0.15, 0.2) is 58.2 Å². The third kappa shape index (κ3) is 6.93. The van der Waals surface area contributed by atoms with Gasteiger partial charge in [0.1, 0.15) is 5.54 Å². The van der Waals surface area contributed by atoms with Crippen LogP contribution in [0, 0.1) is 0 Å². The summed E-state index contributed by atoms with van der Waals surface area (Å²) in [6.07, 6.45) is 2.94. The topological polar surface area (TPSA) is 75.5 Å². The van der Waals surface area contributed by atoms with Crippen molar-refractivity contribution >= 4 is 66.7 Å². The summed E-state index contributed by atoms with van der Waals surface area (Å²) in [6, 6.07) is 12.4. The molecule has 0 saturated carbocycles. The largest absolute Gasteiger partial charge is 0.284 e. The zero-order valence-corrected chi connectivity index (χ0v) is 28.1.